The van der Waals surface area contributed by atoms with Gasteiger partial charge in [0.2, 0.25) is 18.2 Å². The molecule has 38 heteroatoms. The molecule has 38 nitrogen and oxygen atoms in total. The molecule has 0 aromatic rings. The second-order valence-corrected chi connectivity index (χ2v) is 38.7. The molecule has 0 saturated heterocycles. The summed E-state index contributed by atoms with van der Waals surface area (Å²) in [7, 11) is 0. The number of alkyl carbamates (subject to hydrolysis) is 4. The average molecular weight is 2130 g/mol. The molecule has 0 unspecified atom stereocenters. The van der Waals surface area contributed by atoms with Crippen LogP contribution in [0.15, 0.2) is 51.4 Å². The molecule has 0 atom stereocenters. The monoisotopic (exact) mass is 2130 g/mol. The van der Waals surface area contributed by atoms with Crippen molar-refractivity contribution in [3.05, 3.63) is 36.5 Å². The molecule has 0 radical (unpaired) electrons. The third-order valence-electron chi connectivity index (χ3n) is 25.3. The summed E-state index contributed by atoms with van der Waals surface area (Å²) in [4.78, 5) is 168. The second kappa shape index (κ2) is 107. The van der Waals surface area contributed by atoms with Gasteiger partial charge in [-0.25, -0.2) is 62.9 Å². The number of nitrogens with one attached hydrogen (secondary N) is 4. The third-order valence-corrected chi connectivity index (χ3v) is 25.3. The largest absolute Gasteiger partial charge is 0.465 e. The zero-order chi connectivity index (χ0) is 110. The number of nitriles is 2. The van der Waals surface area contributed by atoms with Gasteiger partial charge in [-0.3, -0.25) is 19.2 Å². The van der Waals surface area contributed by atoms with E-state index in [0.29, 0.717) is 203 Å². The zero-order valence-electron chi connectivity index (χ0n) is 91.1. The van der Waals surface area contributed by atoms with Crippen molar-refractivity contribution in [1.82, 2.24) is 21.3 Å². The van der Waals surface area contributed by atoms with E-state index in [1.54, 1.807) is 33.3 Å². The lowest BCUT2D eigenvalue weighted by atomic mass is 9.83. The molecule has 6 N–H and O–H groups in total. The first-order chi connectivity index (χ1) is 72.2. The van der Waals surface area contributed by atoms with Crippen molar-refractivity contribution in [1.29, 1.82) is 10.5 Å². The summed E-state index contributed by atoms with van der Waals surface area (Å²) in [5, 5.41) is 45.1. The Balaban J connectivity index is -0.00000192. The van der Waals surface area contributed by atoms with E-state index in [9.17, 15) is 67.1 Å². The van der Waals surface area contributed by atoms with Gasteiger partial charge in [0.1, 0.15) is 39.6 Å². The predicted molar refractivity (Wildman–Crippen MR) is 570 cm³/mol. The molecule has 0 bridgehead atoms. The van der Waals surface area contributed by atoms with E-state index in [2.05, 4.69) is 72.4 Å². The fourth-order valence-electron chi connectivity index (χ4n) is 16.0. The van der Waals surface area contributed by atoms with Gasteiger partial charge in [0.15, 0.2) is 0 Å². The molecule has 0 aromatic heterocycles. The van der Waals surface area contributed by atoms with E-state index in [4.69, 9.17) is 72.8 Å². The zero-order valence-corrected chi connectivity index (χ0v) is 91.1. The minimum Gasteiger partial charge on any atom is -0.465 e. The van der Waals surface area contributed by atoms with Crippen molar-refractivity contribution in [2.24, 2.45) is 62.3 Å². The fraction of sp³-hybridized carbons (Fsp3) is 0.804. The predicted octanol–water partition coefficient (Wildman–Crippen LogP) is 21.1. The Morgan fingerprint density at radius 2 is 0.493 bits per heavy atom. The molecule has 0 heterocycles. The molecule has 4 fully saturated rings. The number of hydrogen-bond donors (Lipinski definition) is 6. The Labute approximate surface area is 895 Å². The maximum Gasteiger partial charge on any atom is 0.407 e. The molecule has 150 heavy (non-hydrogen) atoms. The van der Waals surface area contributed by atoms with Gasteiger partial charge < -0.3 is 93.1 Å². The van der Waals surface area contributed by atoms with Gasteiger partial charge in [0, 0.05) is 81.8 Å². The number of carbonyl (C=O) groups excluding carboxylic acids is 14. The van der Waals surface area contributed by atoms with Crippen LogP contribution in [-0.2, 0) is 110 Å². The third kappa shape index (κ3) is 96.8. The highest BCUT2D eigenvalue weighted by Crippen LogP contribution is 2.33. The van der Waals surface area contributed by atoms with Crippen LogP contribution in [0.2, 0.25) is 0 Å². The molecule has 0 aromatic carbocycles. The summed E-state index contributed by atoms with van der Waals surface area (Å²) in [5.74, 6) is 1.18. The number of nitrogens with zero attached hydrogens (tertiary/aromatic N) is 5. The van der Waals surface area contributed by atoms with Crippen molar-refractivity contribution in [2.45, 2.75) is 389 Å². The minimum absolute atomic E-state index is 0. The van der Waals surface area contributed by atoms with Crippen LogP contribution in [0.3, 0.4) is 0 Å². The summed E-state index contributed by atoms with van der Waals surface area (Å²) < 4.78 is 66.2. The number of rotatable bonds is 77. The Hall–Kier alpha value is -10.8. The van der Waals surface area contributed by atoms with Crippen LogP contribution < -0.4 is 21.3 Å². The normalized spacial score (nSPS) is 16.4. The number of isocyanates is 3. The van der Waals surface area contributed by atoms with Crippen LogP contribution in [0.1, 0.15) is 389 Å². The maximum absolute atomic E-state index is 12.2. The molecule has 4 rings (SSSR count). The second-order valence-electron chi connectivity index (χ2n) is 38.7. The molecule has 858 valence electrons. The van der Waals surface area contributed by atoms with E-state index in [-0.39, 0.29) is 81.5 Å². The number of amides is 4. The SMILES string of the molecule is C.C=C(C)C(=O)OCCC.C=C(C)C(=O)OCCOC(=O)CCCCCCCNC(=O)OCC1CCC(COC(=O)CCCCCCCNC(=O)OCCOC(=O)C(=C)C)CC1.CCCCCCCN=C=O.N#COCCCCCCCC(=O)OCC1CCC(COC(=O)NCCCCCCN=C=O)CC1.N#COCCCCCCCC(=O)OCC1CCC(COC(=O)NCCCCCCN=C=O)CC1.OCC1CCC(CO)CC1. The standard InChI is InChI=1S/C38H62N2O12.2C25H41N3O6.C8H15NO.C8H16O2.C7H12O2.CH4/c1-29(2)35(43)48-24-23-47-33(41)15-11-7-5-10-14-22-40-38(46)52-28-32-19-17-31(18-20-32)27-51-34(42)16-12-8-6-9-13-21-39-37(45)50-26-25-49-36(44)30(3)4;2*26-20-32-17-9-5-1-2-6-10-24(30)33-18-22-11-13-23(14-12-22)19-34-25(31)28-16-8-4-3-7-15-27-21-29;1-2-3-4-5-6-7-9-8-10;9-5-7-1-2-8(6-10)4-3-7;1-4-5-9-7(8)6(2)3;/h31-32H,1,3,5-28H2,2,4H3,(H,39,45)(H,40,46);2*22-23H,1-19H2,(H,28,31);2-7H2,1H3;7-10H,1-6H2;2,4-5H2,1,3H3;1H4. The van der Waals surface area contributed by atoms with Crippen LogP contribution in [0, 0.1) is 70.4 Å². The number of carbonyl (C=O) groups is 11. The molecule has 4 aliphatic rings. The quantitative estimate of drug-likeness (QED) is 0.00626. The Bertz CT molecular complexity index is 3550. The number of aliphatic imine (C=N–C) groups is 3. The number of hydrogen-bond acceptors (Lipinski definition) is 34. The number of aliphatic hydroxyl groups is 2. The van der Waals surface area contributed by atoms with Crippen molar-refractivity contribution in [3.63, 3.8) is 0 Å². The maximum atomic E-state index is 12.2. The van der Waals surface area contributed by atoms with Crippen LogP contribution in [0.5, 0.6) is 0 Å². The van der Waals surface area contributed by atoms with Gasteiger partial charge in [-0.1, -0.05) is 169 Å². The van der Waals surface area contributed by atoms with Gasteiger partial charge in [-0.2, -0.15) is 10.5 Å². The van der Waals surface area contributed by atoms with E-state index < -0.39 is 24.1 Å². The van der Waals surface area contributed by atoms with Gasteiger partial charge in [-0.05, 0) is 261 Å². The first-order valence-corrected chi connectivity index (χ1v) is 55.3. The van der Waals surface area contributed by atoms with Gasteiger partial charge in [-0.15, -0.1) is 0 Å². The summed E-state index contributed by atoms with van der Waals surface area (Å²) in [5.41, 5.74) is 1.05. The van der Waals surface area contributed by atoms with Crippen LogP contribution in [-0.4, -0.2) is 240 Å². The Morgan fingerprint density at radius 3 is 0.753 bits per heavy atom. The van der Waals surface area contributed by atoms with Gasteiger partial charge in [0.25, 0.3) is 12.5 Å². The number of unbranched alkanes of at least 4 members (excludes halogenated alkanes) is 26. The highest BCUT2D eigenvalue weighted by molar-refractivity contribution is 5.88. The molecular formula is C112H191N9O29. The van der Waals surface area contributed by atoms with Crippen LogP contribution in [0.4, 0.5) is 19.2 Å². The molecule has 4 aliphatic carbocycles. The highest BCUT2D eigenvalue weighted by atomic mass is 16.6. The van der Waals surface area contributed by atoms with Crippen molar-refractivity contribution < 1.29 is 139 Å². The summed E-state index contributed by atoms with van der Waals surface area (Å²) >= 11 is 0. The van der Waals surface area contributed by atoms with E-state index in [0.717, 1.165) is 295 Å². The first kappa shape index (κ1) is 143. The lowest BCUT2D eigenvalue weighted by molar-refractivity contribution is -0.150. The summed E-state index contributed by atoms with van der Waals surface area (Å²) in [6.45, 7) is 27.9. The van der Waals surface area contributed by atoms with E-state index in [1.807, 2.05) is 6.92 Å². The van der Waals surface area contributed by atoms with Crippen LogP contribution >= 0.6 is 0 Å². The minimum atomic E-state index is -0.550. The molecule has 0 spiro atoms. The molecular weight excluding hydrogens is 1940 g/mol. The van der Waals surface area contributed by atoms with Crippen molar-refractivity contribution >= 4 is 84.4 Å². The van der Waals surface area contributed by atoms with Gasteiger partial charge >= 0.3 is 66.2 Å². The fourth-order valence-corrected chi connectivity index (χ4v) is 16.0. The van der Waals surface area contributed by atoms with E-state index >= 15 is 0 Å². The topological polar surface area (TPSA) is 532 Å². The van der Waals surface area contributed by atoms with Crippen molar-refractivity contribution in [2.75, 3.05) is 145 Å². The lowest BCUT2D eigenvalue weighted by Crippen LogP contribution is -2.29. The molecule has 4 amide bonds. The summed E-state index contributed by atoms with van der Waals surface area (Å²) in [6, 6.07) is 0. The van der Waals surface area contributed by atoms with Gasteiger partial charge in [0.05, 0.1) is 65.9 Å². The lowest BCUT2D eigenvalue weighted by Gasteiger charge is -2.27. The Morgan fingerprint density at radius 1 is 0.273 bits per heavy atom. The van der Waals surface area contributed by atoms with E-state index in [1.165, 1.54) is 43.9 Å². The number of ether oxygens (including phenoxy) is 13. The highest BCUT2D eigenvalue weighted by Gasteiger charge is 2.28. The Kier molecular flexibility index (Phi) is 102. The van der Waals surface area contributed by atoms with Crippen LogP contribution in [0.25, 0.3) is 0 Å². The number of aliphatic hydroxyl groups excluding tert-OH is 2. The molecule has 4 saturated carbocycles. The smallest absolute Gasteiger partial charge is 0.407 e. The average Bonchev–Trinajstić information content (AvgIpc) is 0.909. The van der Waals surface area contributed by atoms with Crippen molar-refractivity contribution in [3.8, 4) is 12.5 Å². The first-order valence-electron chi connectivity index (χ1n) is 55.3. The number of esters is 7. The summed E-state index contributed by atoms with van der Waals surface area (Å²) in [6.07, 6.45) is 56.3. The molecule has 0 aliphatic heterocycles.